The molecule has 1 unspecified atom stereocenters. The van der Waals surface area contributed by atoms with Gasteiger partial charge in [-0.05, 0) is 33.6 Å². The van der Waals surface area contributed by atoms with E-state index in [1.54, 1.807) is 25.7 Å². The molecule has 1 aromatic rings. The van der Waals surface area contributed by atoms with Gasteiger partial charge in [0.15, 0.2) is 0 Å². The van der Waals surface area contributed by atoms with Crippen molar-refractivity contribution in [2.75, 3.05) is 19.6 Å². The van der Waals surface area contributed by atoms with Crippen molar-refractivity contribution >= 4 is 17.8 Å². The number of likely N-dealkylation sites (tertiary alicyclic amines) is 1. The minimum atomic E-state index is -0.992. The van der Waals surface area contributed by atoms with Crippen molar-refractivity contribution in [1.82, 2.24) is 25.1 Å². The maximum atomic E-state index is 12.6. The standard InChI is InChI=1S/C17H23N5O4/c1-10-18-12(7-13(23)19-10)11-5-4-6-21(8-11)14(24)9-22-15(25)17(2,3)20-16(22)26/h7,11H,4-6,8-9H2,1-3H3,(H,20,26)(H,18,19,23). The van der Waals surface area contributed by atoms with Gasteiger partial charge in [-0.1, -0.05) is 0 Å². The summed E-state index contributed by atoms with van der Waals surface area (Å²) in [5, 5.41) is 2.57. The number of carbonyl (C=O) groups is 3. The van der Waals surface area contributed by atoms with Crippen molar-refractivity contribution in [2.24, 2.45) is 0 Å². The number of nitrogens with zero attached hydrogens (tertiary/aromatic N) is 3. The average molecular weight is 361 g/mol. The van der Waals surface area contributed by atoms with Crippen LogP contribution in [0.2, 0.25) is 0 Å². The Bertz CT molecular complexity index is 816. The molecule has 140 valence electrons. The number of piperidine rings is 1. The molecule has 2 aliphatic heterocycles. The van der Waals surface area contributed by atoms with Crippen LogP contribution < -0.4 is 10.9 Å². The van der Waals surface area contributed by atoms with Gasteiger partial charge in [-0.2, -0.15) is 0 Å². The van der Waals surface area contributed by atoms with Crippen LogP contribution in [0.25, 0.3) is 0 Å². The zero-order valence-corrected chi connectivity index (χ0v) is 15.2. The first kappa shape index (κ1) is 18.1. The summed E-state index contributed by atoms with van der Waals surface area (Å²) in [6, 6.07) is 0.916. The summed E-state index contributed by atoms with van der Waals surface area (Å²) >= 11 is 0. The van der Waals surface area contributed by atoms with Crippen molar-refractivity contribution in [1.29, 1.82) is 0 Å². The largest absolute Gasteiger partial charge is 0.340 e. The van der Waals surface area contributed by atoms with E-state index in [1.807, 2.05) is 0 Å². The molecule has 2 N–H and O–H groups in total. The molecule has 3 heterocycles. The first-order valence-corrected chi connectivity index (χ1v) is 8.67. The first-order chi connectivity index (χ1) is 12.2. The fourth-order valence-corrected chi connectivity index (χ4v) is 3.45. The molecular weight excluding hydrogens is 338 g/mol. The lowest BCUT2D eigenvalue weighted by Crippen LogP contribution is -2.47. The molecule has 2 saturated heterocycles. The summed E-state index contributed by atoms with van der Waals surface area (Å²) in [4.78, 5) is 58.1. The summed E-state index contributed by atoms with van der Waals surface area (Å²) in [6.45, 7) is 5.64. The number of hydrogen-bond donors (Lipinski definition) is 2. The monoisotopic (exact) mass is 361 g/mol. The van der Waals surface area contributed by atoms with Crippen LogP contribution in [-0.4, -0.2) is 62.8 Å². The van der Waals surface area contributed by atoms with E-state index < -0.39 is 17.5 Å². The highest BCUT2D eigenvalue weighted by molar-refractivity contribution is 6.08. The van der Waals surface area contributed by atoms with Crippen LogP contribution in [0.1, 0.15) is 44.1 Å². The molecule has 0 spiro atoms. The van der Waals surface area contributed by atoms with Crippen LogP contribution in [-0.2, 0) is 9.59 Å². The van der Waals surface area contributed by atoms with E-state index in [-0.39, 0.29) is 23.9 Å². The van der Waals surface area contributed by atoms with Crippen LogP contribution in [0, 0.1) is 6.92 Å². The number of amides is 4. The minimum Gasteiger partial charge on any atom is -0.340 e. The highest BCUT2D eigenvalue weighted by Gasteiger charge is 2.45. The van der Waals surface area contributed by atoms with Crippen LogP contribution in [0.5, 0.6) is 0 Å². The number of carbonyl (C=O) groups excluding carboxylic acids is 3. The summed E-state index contributed by atoms with van der Waals surface area (Å²) in [7, 11) is 0. The van der Waals surface area contributed by atoms with Crippen molar-refractivity contribution < 1.29 is 14.4 Å². The number of aromatic nitrogens is 2. The third-order valence-electron chi connectivity index (χ3n) is 4.81. The molecule has 0 aromatic carbocycles. The predicted molar refractivity (Wildman–Crippen MR) is 92.5 cm³/mol. The average Bonchev–Trinajstić information content (AvgIpc) is 2.76. The number of aromatic amines is 1. The molecule has 3 rings (SSSR count). The molecule has 0 aliphatic carbocycles. The Morgan fingerprint density at radius 2 is 2.08 bits per heavy atom. The van der Waals surface area contributed by atoms with Crippen molar-refractivity contribution in [2.45, 2.75) is 45.1 Å². The summed E-state index contributed by atoms with van der Waals surface area (Å²) in [6.07, 6.45) is 1.60. The highest BCUT2D eigenvalue weighted by Crippen LogP contribution is 2.25. The third kappa shape index (κ3) is 3.47. The van der Waals surface area contributed by atoms with Gasteiger partial charge >= 0.3 is 6.03 Å². The molecular formula is C17H23N5O4. The number of hydrogen-bond acceptors (Lipinski definition) is 5. The Morgan fingerprint density at radius 1 is 1.35 bits per heavy atom. The molecule has 9 heteroatoms. The second-order valence-corrected chi connectivity index (χ2v) is 7.38. The Labute approximate surface area is 150 Å². The number of urea groups is 1. The Balaban J connectivity index is 1.69. The maximum Gasteiger partial charge on any atom is 0.325 e. The second-order valence-electron chi connectivity index (χ2n) is 7.38. The summed E-state index contributed by atoms with van der Waals surface area (Å²) < 4.78 is 0. The van der Waals surface area contributed by atoms with Gasteiger partial charge in [-0.15, -0.1) is 0 Å². The highest BCUT2D eigenvalue weighted by atomic mass is 16.2. The molecule has 1 aromatic heterocycles. The molecule has 0 saturated carbocycles. The number of rotatable bonds is 3. The lowest BCUT2D eigenvalue weighted by Gasteiger charge is -2.33. The Morgan fingerprint density at radius 3 is 2.69 bits per heavy atom. The van der Waals surface area contributed by atoms with Gasteiger partial charge in [0, 0.05) is 25.1 Å². The maximum absolute atomic E-state index is 12.6. The number of aryl methyl sites for hydroxylation is 1. The third-order valence-corrected chi connectivity index (χ3v) is 4.81. The molecule has 9 nitrogen and oxygen atoms in total. The Hall–Kier alpha value is -2.71. The van der Waals surface area contributed by atoms with E-state index in [0.29, 0.717) is 24.6 Å². The molecule has 2 aliphatic rings. The lowest BCUT2D eigenvalue weighted by atomic mass is 9.94. The van der Waals surface area contributed by atoms with E-state index >= 15 is 0 Å². The van der Waals surface area contributed by atoms with Gasteiger partial charge < -0.3 is 15.2 Å². The predicted octanol–water partition coefficient (Wildman–Crippen LogP) is 0.115. The fourth-order valence-electron chi connectivity index (χ4n) is 3.45. The van der Waals surface area contributed by atoms with E-state index in [9.17, 15) is 19.2 Å². The first-order valence-electron chi connectivity index (χ1n) is 8.67. The summed E-state index contributed by atoms with van der Waals surface area (Å²) in [5.41, 5.74) is -0.536. The molecule has 1 atom stereocenters. The fraction of sp³-hybridized carbons (Fsp3) is 0.588. The molecule has 26 heavy (non-hydrogen) atoms. The summed E-state index contributed by atoms with van der Waals surface area (Å²) in [5.74, 6) is -0.181. The lowest BCUT2D eigenvalue weighted by molar-refractivity contribution is -0.139. The van der Waals surface area contributed by atoms with Crippen LogP contribution in [0.15, 0.2) is 10.9 Å². The van der Waals surface area contributed by atoms with Crippen molar-refractivity contribution in [3.63, 3.8) is 0 Å². The van der Waals surface area contributed by atoms with E-state index in [4.69, 9.17) is 0 Å². The SMILES string of the molecule is Cc1nc(C2CCCN(C(=O)CN3C(=O)NC(C)(C)C3=O)C2)cc(=O)[nH]1. The van der Waals surface area contributed by atoms with E-state index in [2.05, 4.69) is 15.3 Å². The number of nitrogens with one attached hydrogen (secondary N) is 2. The van der Waals surface area contributed by atoms with Crippen molar-refractivity contribution in [3.8, 4) is 0 Å². The van der Waals surface area contributed by atoms with E-state index in [1.165, 1.54) is 6.07 Å². The van der Waals surface area contributed by atoms with Crippen LogP contribution >= 0.6 is 0 Å². The molecule has 2 fully saturated rings. The second kappa shape index (κ2) is 6.54. The molecule has 4 amide bonds. The molecule has 0 bridgehead atoms. The van der Waals surface area contributed by atoms with Gasteiger partial charge in [0.25, 0.3) is 11.5 Å². The Kier molecular flexibility index (Phi) is 4.55. The quantitative estimate of drug-likeness (QED) is 0.742. The topological polar surface area (TPSA) is 115 Å². The zero-order chi connectivity index (χ0) is 19.1. The molecule has 0 radical (unpaired) electrons. The normalized spacial score (nSPS) is 22.5. The number of imide groups is 1. The smallest absolute Gasteiger partial charge is 0.325 e. The zero-order valence-electron chi connectivity index (χ0n) is 15.2. The van der Waals surface area contributed by atoms with Gasteiger partial charge in [0.05, 0.1) is 5.69 Å². The van der Waals surface area contributed by atoms with Gasteiger partial charge in [-0.25, -0.2) is 9.78 Å². The van der Waals surface area contributed by atoms with E-state index in [0.717, 1.165) is 17.7 Å². The van der Waals surface area contributed by atoms with Gasteiger partial charge in [-0.3, -0.25) is 19.3 Å². The van der Waals surface area contributed by atoms with Crippen molar-refractivity contribution in [3.05, 3.63) is 27.9 Å². The van der Waals surface area contributed by atoms with Gasteiger partial charge in [0.2, 0.25) is 5.91 Å². The van der Waals surface area contributed by atoms with Gasteiger partial charge in [0.1, 0.15) is 17.9 Å². The van der Waals surface area contributed by atoms with Crippen LogP contribution in [0.4, 0.5) is 4.79 Å². The number of H-pyrrole nitrogens is 1. The van der Waals surface area contributed by atoms with Crippen LogP contribution in [0.3, 0.4) is 0 Å². The minimum absolute atomic E-state index is 0.0340.